The van der Waals surface area contributed by atoms with Gasteiger partial charge in [0.15, 0.2) is 5.78 Å². The van der Waals surface area contributed by atoms with E-state index in [0.717, 1.165) is 16.7 Å². The lowest BCUT2D eigenvalue weighted by atomic mass is 9.95. The van der Waals surface area contributed by atoms with Crippen LogP contribution in [-0.2, 0) is 0 Å². The average Bonchev–Trinajstić information content (AvgIpc) is 2.38. The Balaban J connectivity index is 2.79. The first-order valence-electron chi connectivity index (χ1n) is 4.88. The highest BCUT2D eigenvalue weighted by Crippen LogP contribution is 2.41. The molecule has 0 amide bonds. The number of carbonyl (C=O) groups is 1. The molecule has 2 heteroatoms. The van der Waals surface area contributed by atoms with Gasteiger partial charge < -0.3 is 5.11 Å². The molecule has 1 N–H and O–H groups in total. The van der Waals surface area contributed by atoms with Crippen LogP contribution in [0.4, 0.5) is 0 Å². The van der Waals surface area contributed by atoms with Gasteiger partial charge in [0.25, 0.3) is 0 Å². The monoisotopic (exact) mass is 190 g/mol. The fourth-order valence-corrected chi connectivity index (χ4v) is 2.39. The van der Waals surface area contributed by atoms with Gasteiger partial charge >= 0.3 is 0 Å². The van der Waals surface area contributed by atoms with Crippen LogP contribution < -0.4 is 0 Å². The number of hydrogen-bond donors (Lipinski definition) is 1. The number of fused-ring (bicyclic) bond motifs is 1. The number of hydrogen-bond acceptors (Lipinski definition) is 2. The second-order valence-electron chi connectivity index (χ2n) is 4.18. The summed E-state index contributed by atoms with van der Waals surface area (Å²) in [5.74, 6) is 0.515. The molecule has 0 radical (unpaired) electrons. The third-order valence-electron chi connectivity index (χ3n) is 3.00. The Labute approximate surface area is 83.6 Å². The number of rotatable bonds is 0. The molecular weight excluding hydrogens is 176 g/mol. The second-order valence-corrected chi connectivity index (χ2v) is 4.18. The Bertz CT molecular complexity index is 419. The number of ketones is 1. The van der Waals surface area contributed by atoms with Gasteiger partial charge in [0.2, 0.25) is 0 Å². The first-order valence-corrected chi connectivity index (χ1v) is 4.88. The number of phenols is 1. The van der Waals surface area contributed by atoms with Crippen molar-refractivity contribution in [2.45, 2.75) is 33.1 Å². The zero-order valence-electron chi connectivity index (χ0n) is 8.72. The van der Waals surface area contributed by atoms with Crippen LogP contribution in [0.25, 0.3) is 0 Å². The zero-order valence-corrected chi connectivity index (χ0v) is 8.72. The van der Waals surface area contributed by atoms with Crippen LogP contribution in [0.2, 0.25) is 0 Å². The SMILES string of the molecule is Cc1cc(C)c2c(c1O)C(=O)C[C@H]2C. The maximum Gasteiger partial charge on any atom is 0.167 e. The van der Waals surface area contributed by atoms with E-state index in [4.69, 9.17) is 0 Å². The first-order chi connectivity index (χ1) is 6.52. The summed E-state index contributed by atoms with van der Waals surface area (Å²) in [4.78, 5) is 11.6. The molecule has 1 aromatic carbocycles. The van der Waals surface area contributed by atoms with Crippen LogP contribution in [0.15, 0.2) is 6.07 Å². The molecule has 2 rings (SSSR count). The summed E-state index contributed by atoms with van der Waals surface area (Å²) in [6.45, 7) is 5.87. The van der Waals surface area contributed by atoms with Crippen molar-refractivity contribution in [1.29, 1.82) is 0 Å². The van der Waals surface area contributed by atoms with E-state index in [2.05, 4.69) is 0 Å². The van der Waals surface area contributed by atoms with Crippen LogP contribution in [0.3, 0.4) is 0 Å². The molecule has 0 saturated carbocycles. The predicted octanol–water partition coefficient (Wildman–Crippen LogP) is 2.70. The molecular formula is C12H14O2. The van der Waals surface area contributed by atoms with Crippen LogP contribution in [0.5, 0.6) is 5.75 Å². The molecule has 14 heavy (non-hydrogen) atoms. The molecule has 0 bridgehead atoms. The molecule has 0 saturated heterocycles. The van der Waals surface area contributed by atoms with Crippen LogP contribution in [0, 0.1) is 13.8 Å². The number of carbonyl (C=O) groups excluding carboxylic acids is 1. The normalized spacial score (nSPS) is 19.9. The van der Waals surface area contributed by atoms with Gasteiger partial charge in [0, 0.05) is 6.42 Å². The van der Waals surface area contributed by atoms with Crippen molar-refractivity contribution in [3.63, 3.8) is 0 Å². The molecule has 74 valence electrons. The molecule has 1 atom stereocenters. The summed E-state index contributed by atoms with van der Waals surface area (Å²) in [5.41, 5.74) is 3.52. The van der Waals surface area contributed by atoms with E-state index in [1.807, 2.05) is 26.8 Å². The predicted molar refractivity (Wildman–Crippen MR) is 54.9 cm³/mol. The fraction of sp³-hybridized carbons (Fsp3) is 0.417. The first kappa shape index (κ1) is 9.25. The third-order valence-corrected chi connectivity index (χ3v) is 3.00. The average molecular weight is 190 g/mol. The lowest BCUT2D eigenvalue weighted by Gasteiger charge is -2.11. The van der Waals surface area contributed by atoms with Crippen molar-refractivity contribution in [1.82, 2.24) is 0 Å². The van der Waals surface area contributed by atoms with E-state index in [9.17, 15) is 9.90 Å². The van der Waals surface area contributed by atoms with E-state index >= 15 is 0 Å². The maximum atomic E-state index is 11.6. The number of Topliss-reactive ketones (excluding diaryl/α,β-unsaturated/α-hetero) is 1. The van der Waals surface area contributed by atoms with Gasteiger partial charge in [0.1, 0.15) is 5.75 Å². The molecule has 0 aromatic heterocycles. The summed E-state index contributed by atoms with van der Waals surface area (Å²) in [7, 11) is 0. The summed E-state index contributed by atoms with van der Waals surface area (Å²) in [6, 6.07) is 1.95. The Morgan fingerprint density at radius 2 is 2.00 bits per heavy atom. The van der Waals surface area contributed by atoms with E-state index in [1.54, 1.807) is 0 Å². The maximum absolute atomic E-state index is 11.6. The van der Waals surface area contributed by atoms with Gasteiger partial charge in [-0.25, -0.2) is 0 Å². The fourth-order valence-electron chi connectivity index (χ4n) is 2.39. The van der Waals surface area contributed by atoms with Crippen molar-refractivity contribution in [2.75, 3.05) is 0 Å². The molecule has 0 heterocycles. The Morgan fingerprint density at radius 3 is 2.64 bits per heavy atom. The van der Waals surface area contributed by atoms with Crippen molar-refractivity contribution in [3.8, 4) is 5.75 Å². The van der Waals surface area contributed by atoms with E-state index in [0.29, 0.717) is 12.0 Å². The highest BCUT2D eigenvalue weighted by molar-refractivity contribution is 6.04. The number of aromatic hydroxyl groups is 1. The lowest BCUT2D eigenvalue weighted by molar-refractivity contribution is 0.0988. The summed E-state index contributed by atoms with van der Waals surface area (Å²) < 4.78 is 0. The molecule has 1 aliphatic rings. The van der Waals surface area contributed by atoms with E-state index < -0.39 is 0 Å². The van der Waals surface area contributed by atoms with Crippen LogP contribution in [0.1, 0.15) is 46.3 Å². The lowest BCUT2D eigenvalue weighted by Crippen LogP contribution is -1.96. The number of aryl methyl sites for hydroxylation is 2. The van der Waals surface area contributed by atoms with Crippen LogP contribution in [-0.4, -0.2) is 10.9 Å². The quantitative estimate of drug-likeness (QED) is 0.683. The summed E-state index contributed by atoms with van der Waals surface area (Å²) in [5, 5.41) is 9.81. The summed E-state index contributed by atoms with van der Waals surface area (Å²) >= 11 is 0. The minimum atomic E-state index is 0.0804. The standard InChI is InChI=1S/C12H14O2/c1-6-4-8(3)12(14)11-9(13)5-7(2)10(6)11/h4,7,14H,5H2,1-3H3/t7-/m1/s1. The van der Waals surface area contributed by atoms with Crippen molar-refractivity contribution < 1.29 is 9.90 Å². The Kier molecular flexibility index (Phi) is 1.88. The number of phenolic OH excluding ortho intramolecular Hbond substituents is 1. The highest BCUT2D eigenvalue weighted by Gasteiger charge is 2.31. The van der Waals surface area contributed by atoms with Crippen molar-refractivity contribution >= 4 is 5.78 Å². The van der Waals surface area contributed by atoms with E-state index in [-0.39, 0.29) is 17.5 Å². The Hall–Kier alpha value is -1.31. The smallest absolute Gasteiger partial charge is 0.167 e. The highest BCUT2D eigenvalue weighted by atomic mass is 16.3. The molecule has 0 aliphatic heterocycles. The Morgan fingerprint density at radius 1 is 1.36 bits per heavy atom. The zero-order chi connectivity index (χ0) is 10.5. The van der Waals surface area contributed by atoms with Crippen LogP contribution >= 0.6 is 0 Å². The van der Waals surface area contributed by atoms with Gasteiger partial charge in [-0.3, -0.25) is 4.79 Å². The van der Waals surface area contributed by atoms with Gasteiger partial charge in [-0.05, 0) is 36.5 Å². The van der Waals surface area contributed by atoms with Gasteiger partial charge in [-0.1, -0.05) is 13.0 Å². The van der Waals surface area contributed by atoms with Gasteiger partial charge in [0.05, 0.1) is 5.56 Å². The van der Waals surface area contributed by atoms with Gasteiger partial charge in [-0.15, -0.1) is 0 Å². The largest absolute Gasteiger partial charge is 0.507 e. The molecule has 1 aromatic rings. The minimum Gasteiger partial charge on any atom is -0.507 e. The van der Waals surface area contributed by atoms with Crippen molar-refractivity contribution in [3.05, 3.63) is 28.3 Å². The van der Waals surface area contributed by atoms with E-state index in [1.165, 1.54) is 0 Å². The second kappa shape index (κ2) is 2.84. The molecule has 0 unspecified atom stereocenters. The molecule has 0 fully saturated rings. The summed E-state index contributed by atoms with van der Waals surface area (Å²) in [6.07, 6.45) is 0.535. The van der Waals surface area contributed by atoms with Gasteiger partial charge in [-0.2, -0.15) is 0 Å². The number of benzene rings is 1. The topological polar surface area (TPSA) is 37.3 Å². The molecule has 2 nitrogen and oxygen atoms in total. The third kappa shape index (κ3) is 1.07. The molecule has 0 spiro atoms. The molecule has 1 aliphatic carbocycles. The minimum absolute atomic E-state index is 0.0804. The van der Waals surface area contributed by atoms with Crippen molar-refractivity contribution in [2.24, 2.45) is 0 Å².